The molecule has 0 aromatic heterocycles. The molecule has 3 atom stereocenters. The van der Waals surface area contributed by atoms with Crippen LogP contribution in [-0.2, 0) is 14.4 Å². The number of hydrogen-bond donors (Lipinski definition) is 0. The van der Waals surface area contributed by atoms with E-state index >= 15 is 0 Å². The van der Waals surface area contributed by atoms with Gasteiger partial charge in [0.05, 0.1) is 23.3 Å². The van der Waals surface area contributed by atoms with Crippen molar-refractivity contribution in [2.75, 3.05) is 9.96 Å². The maximum atomic E-state index is 13.1. The van der Waals surface area contributed by atoms with Gasteiger partial charge in [0.15, 0.2) is 6.10 Å². The number of anilines is 2. The highest BCUT2D eigenvalue weighted by Gasteiger charge is 2.59. The quantitative estimate of drug-likeness (QED) is 0.774. The molecule has 5 nitrogen and oxygen atoms in total. The van der Waals surface area contributed by atoms with Crippen molar-refractivity contribution in [3.05, 3.63) is 60.7 Å². The van der Waals surface area contributed by atoms with Gasteiger partial charge < -0.3 is 0 Å². The molecule has 2 aromatic rings. The van der Waals surface area contributed by atoms with Gasteiger partial charge in [-0.25, -0.2) is 9.96 Å². The fourth-order valence-electron chi connectivity index (χ4n) is 3.86. The standard InChI is InChI=1S/C21H22N2O3/c1-2-3-14-17-18-19(26-23(17)16-12-8-5-9-13-16)21(25)22(20(18)24)15-10-6-4-7-11-15/h4-13,17-19H,2-3,14H2,1H3/t17-,18-,19+/m1/s1. The third-order valence-electron chi connectivity index (χ3n) is 5.12. The molecule has 4 rings (SSSR count). The molecule has 26 heavy (non-hydrogen) atoms. The third kappa shape index (κ3) is 2.69. The molecule has 0 bridgehead atoms. The van der Waals surface area contributed by atoms with Gasteiger partial charge in [0, 0.05) is 0 Å². The van der Waals surface area contributed by atoms with E-state index in [1.807, 2.05) is 48.5 Å². The summed E-state index contributed by atoms with van der Waals surface area (Å²) in [5, 5.41) is 1.78. The average molecular weight is 350 g/mol. The molecule has 0 spiro atoms. The lowest BCUT2D eigenvalue weighted by Gasteiger charge is -2.28. The SMILES string of the molecule is CCCC[C@@H]1[C@H]2C(=O)N(c3ccccc3)C(=O)[C@H]2ON1c1ccccc1. The van der Waals surface area contributed by atoms with E-state index in [9.17, 15) is 9.59 Å². The van der Waals surface area contributed by atoms with Gasteiger partial charge in [0.25, 0.3) is 5.91 Å². The van der Waals surface area contributed by atoms with Crippen molar-refractivity contribution in [2.24, 2.45) is 5.92 Å². The van der Waals surface area contributed by atoms with Crippen LogP contribution in [0.15, 0.2) is 60.7 Å². The molecular weight excluding hydrogens is 328 g/mol. The Labute approximate surface area is 153 Å². The molecule has 2 aliphatic heterocycles. The van der Waals surface area contributed by atoms with Gasteiger partial charge >= 0.3 is 0 Å². The van der Waals surface area contributed by atoms with E-state index < -0.39 is 12.0 Å². The Bertz CT molecular complexity index is 793. The lowest BCUT2D eigenvalue weighted by Crippen LogP contribution is -2.40. The van der Waals surface area contributed by atoms with E-state index in [1.54, 1.807) is 17.2 Å². The summed E-state index contributed by atoms with van der Waals surface area (Å²) in [6.07, 6.45) is 2.08. The van der Waals surface area contributed by atoms with Crippen LogP contribution in [0.5, 0.6) is 0 Å². The van der Waals surface area contributed by atoms with Gasteiger partial charge in [-0.1, -0.05) is 56.2 Å². The number of amides is 2. The molecule has 2 fully saturated rings. The average Bonchev–Trinajstić information content (AvgIpc) is 3.17. The lowest BCUT2D eigenvalue weighted by atomic mass is 9.92. The molecule has 2 aromatic carbocycles. The number of rotatable bonds is 5. The summed E-state index contributed by atoms with van der Waals surface area (Å²) in [5.41, 5.74) is 1.50. The summed E-state index contributed by atoms with van der Waals surface area (Å²) in [5.74, 6) is -0.897. The van der Waals surface area contributed by atoms with E-state index in [1.165, 1.54) is 4.90 Å². The molecule has 0 aliphatic carbocycles. The number of para-hydroxylation sites is 2. The molecule has 134 valence electrons. The number of hydrogen-bond acceptors (Lipinski definition) is 4. The number of hydroxylamine groups is 1. The third-order valence-corrected chi connectivity index (χ3v) is 5.12. The second-order valence-electron chi connectivity index (χ2n) is 6.77. The van der Waals surface area contributed by atoms with E-state index in [2.05, 4.69) is 6.92 Å². The Morgan fingerprint density at radius 3 is 2.12 bits per heavy atom. The van der Waals surface area contributed by atoms with E-state index in [0.717, 1.165) is 24.9 Å². The Morgan fingerprint density at radius 2 is 1.50 bits per heavy atom. The smallest absolute Gasteiger partial charge is 0.266 e. The summed E-state index contributed by atoms with van der Waals surface area (Å²) < 4.78 is 0. The van der Waals surface area contributed by atoms with E-state index in [-0.39, 0.29) is 17.9 Å². The van der Waals surface area contributed by atoms with E-state index in [4.69, 9.17) is 4.84 Å². The van der Waals surface area contributed by atoms with Gasteiger partial charge in [-0.2, -0.15) is 0 Å². The first-order chi connectivity index (χ1) is 12.7. The molecule has 2 amide bonds. The van der Waals surface area contributed by atoms with Crippen LogP contribution in [0, 0.1) is 5.92 Å². The van der Waals surface area contributed by atoms with Crippen molar-refractivity contribution >= 4 is 23.2 Å². The van der Waals surface area contributed by atoms with Crippen LogP contribution >= 0.6 is 0 Å². The second kappa shape index (κ2) is 6.92. The Hall–Kier alpha value is -2.66. The van der Waals surface area contributed by atoms with E-state index in [0.29, 0.717) is 5.69 Å². The minimum Gasteiger partial charge on any atom is -0.273 e. The summed E-state index contributed by atoms with van der Waals surface area (Å²) in [6.45, 7) is 2.12. The van der Waals surface area contributed by atoms with Crippen LogP contribution in [0.3, 0.4) is 0 Å². The maximum Gasteiger partial charge on any atom is 0.266 e. The molecule has 2 aliphatic rings. The first-order valence-electron chi connectivity index (χ1n) is 9.16. The normalized spacial score (nSPS) is 25.0. The fourth-order valence-corrected chi connectivity index (χ4v) is 3.86. The zero-order valence-corrected chi connectivity index (χ0v) is 14.7. The number of fused-ring (bicyclic) bond motifs is 1. The van der Waals surface area contributed by atoms with Crippen LogP contribution in [0.25, 0.3) is 0 Å². The topological polar surface area (TPSA) is 49.9 Å². The molecule has 0 N–H and O–H groups in total. The second-order valence-corrected chi connectivity index (χ2v) is 6.77. The van der Waals surface area contributed by atoms with Crippen molar-refractivity contribution in [1.29, 1.82) is 0 Å². The first-order valence-corrected chi connectivity index (χ1v) is 9.16. The highest BCUT2D eigenvalue weighted by molar-refractivity contribution is 6.23. The minimum atomic E-state index is -0.746. The maximum absolute atomic E-state index is 13.1. The van der Waals surface area contributed by atoms with Crippen molar-refractivity contribution in [2.45, 2.75) is 38.3 Å². The Kier molecular flexibility index (Phi) is 4.47. The van der Waals surface area contributed by atoms with Crippen molar-refractivity contribution in [3.63, 3.8) is 0 Å². The summed E-state index contributed by atoms with van der Waals surface area (Å²) in [4.78, 5) is 33.4. The monoisotopic (exact) mass is 350 g/mol. The van der Waals surface area contributed by atoms with Gasteiger partial charge in [0.2, 0.25) is 5.91 Å². The molecule has 0 unspecified atom stereocenters. The van der Waals surface area contributed by atoms with Gasteiger partial charge in [-0.15, -0.1) is 0 Å². The zero-order chi connectivity index (χ0) is 18.1. The van der Waals surface area contributed by atoms with Gasteiger partial charge in [-0.05, 0) is 30.7 Å². The van der Waals surface area contributed by atoms with Crippen LogP contribution in [-0.4, -0.2) is 24.0 Å². The molecule has 0 radical (unpaired) electrons. The summed E-state index contributed by atoms with van der Waals surface area (Å²) in [6, 6.07) is 18.7. The van der Waals surface area contributed by atoms with Crippen LogP contribution in [0.4, 0.5) is 11.4 Å². The number of carbonyl (C=O) groups excluding carboxylic acids is 2. The number of unbranched alkanes of at least 4 members (excludes halogenated alkanes) is 1. The van der Waals surface area contributed by atoms with Crippen molar-refractivity contribution in [1.82, 2.24) is 0 Å². The number of carbonyl (C=O) groups is 2. The predicted octanol–water partition coefficient (Wildman–Crippen LogP) is 3.56. The first kappa shape index (κ1) is 16.8. The minimum absolute atomic E-state index is 0.132. The Morgan fingerprint density at radius 1 is 0.885 bits per heavy atom. The van der Waals surface area contributed by atoms with Gasteiger partial charge in [0.1, 0.15) is 0 Å². The van der Waals surface area contributed by atoms with Crippen LogP contribution in [0.1, 0.15) is 26.2 Å². The molecule has 2 heterocycles. The molecule has 0 saturated carbocycles. The zero-order valence-electron chi connectivity index (χ0n) is 14.7. The van der Waals surface area contributed by atoms with Crippen LogP contribution in [0.2, 0.25) is 0 Å². The summed E-state index contributed by atoms with van der Waals surface area (Å²) in [7, 11) is 0. The van der Waals surface area contributed by atoms with Crippen molar-refractivity contribution in [3.8, 4) is 0 Å². The number of benzene rings is 2. The van der Waals surface area contributed by atoms with Crippen molar-refractivity contribution < 1.29 is 14.4 Å². The highest BCUT2D eigenvalue weighted by atomic mass is 16.7. The number of imide groups is 1. The lowest BCUT2D eigenvalue weighted by molar-refractivity contribution is -0.126. The predicted molar refractivity (Wildman–Crippen MR) is 99.5 cm³/mol. The molecular formula is C21H22N2O3. The number of nitrogens with zero attached hydrogens (tertiary/aromatic N) is 2. The summed E-state index contributed by atoms with van der Waals surface area (Å²) >= 11 is 0. The largest absolute Gasteiger partial charge is 0.273 e. The van der Waals surface area contributed by atoms with Crippen LogP contribution < -0.4 is 9.96 Å². The fraction of sp³-hybridized carbons (Fsp3) is 0.333. The Balaban J connectivity index is 1.67. The molecule has 5 heteroatoms. The van der Waals surface area contributed by atoms with Gasteiger partial charge in [-0.3, -0.25) is 14.4 Å². The molecule has 2 saturated heterocycles. The highest BCUT2D eigenvalue weighted by Crippen LogP contribution is 2.41.